The van der Waals surface area contributed by atoms with Crippen LogP contribution < -0.4 is 0 Å². The van der Waals surface area contributed by atoms with Crippen molar-refractivity contribution in [3.63, 3.8) is 0 Å². The minimum Gasteiger partial charge on any atom is -0.322 e. The van der Waals surface area contributed by atoms with E-state index in [1.54, 1.807) is 18.0 Å². The van der Waals surface area contributed by atoms with Crippen LogP contribution in [0.3, 0.4) is 0 Å². The lowest BCUT2D eigenvalue weighted by Crippen LogP contribution is -2.39. The van der Waals surface area contributed by atoms with Crippen LogP contribution in [0, 0.1) is 5.92 Å². The Bertz CT molecular complexity index is 541. The van der Waals surface area contributed by atoms with Crippen molar-refractivity contribution in [2.24, 2.45) is 5.92 Å². The second-order valence-corrected chi connectivity index (χ2v) is 5.62. The summed E-state index contributed by atoms with van der Waals surface area (Å²) < 4.78 is 0. The summed E-state index contributed by atoms with van der Waals surface area (Å²) in [4.78, 5) is 28.2. The fourth-order valence-electron chi connectivity index (χ4n) is 2.79. The Hall–Kier alpha value is -2.10. The third-order valence-corrected chi connectivity index (χ3v) is 4.17. The molecule has 0 unspecified atom stereocenters. The highest BCUT2D eigenvalue weighted by molar-refractivity contribution is 5.97. The molecule has 1 fully saturated rings. The van der Waals surface area contributed by atoms with Crippen molar-refractivity contribution in [2.45, 2.75) is 32.4 Å². The summed E-state index contributed by atoms with van der Waals surface area (Å²) in [5.41, 5.74) is 0.988. The minimum atomic E-state index is -0.239. The van der Waals surface area contributed by atoms with Crippen LogP contribution in [0.4, 0.5) is 4.79 Å². The van der Waals surface area contributed by atoms with Crippen LogP contribution in [0.15, 0.2) is 43.0 Å². The van der Waals surface area contributed by atoms with E-state index in [2.05, 4.69) is 6.58 Å². The Kier molecular flexibility index (Phi) is 4.46. The van der Waals surface area contributed by atoms with E-state index >= 15 is 0 Å². The van der Waals surface area contributed by atoms with Gasteiger partial charge in [-0.2, -0.15) is 0 Å². The van der Waals surface area contributed by atoms with Gasteiger partial charge in [0, 0.05) is 13.0 Å². The smallest absolute Gasteiger partial charge is 0.322 e. The van der Waals surface area contributed by atoms with Crippen molar-refractivity contribution in [1.29, 1.82) is 0 Å². The standard InChI is InChI=1S/C17H22N2O2/c1-5-9-12(2)16(20)19-15(13(3)18(4)17(19)21)14-10-7-6-8-11-14/h5-8,10-13,15H,1,9H2,2-4H3/t12-,13-,15-/m0/s1. The zero-order valence-electron chi connectivity index (χ0n) is 12.8. The molecule has 0 bridgehead atoms. The maximum atomic E-state index is 12.7. The lowest BCUT2D eigenvalue weighted by atomic mass is 9.98. The van der Waals surface area contributed by atoms with E-state index in [-0.39, 0.29) is 29.9 Å². The first-order valence-corrected chi connectivity index (χ1v) is 7.24. The third kappa shape index (κ3) is 2.71. The third-order valence-electron chi connectivity index (χ3n) is 4.17. The van der Waals surface area contributed by atoms with Gasteiger partial charge in [-0.15, -0.1) is 6.58 Å². The maximum Gasteiger partial charge on any atom is 0.327 e. The van der Waals surface area contributed by atoms with Gasteiger partial charge in [-0.25, -0.2) is 4.79 Å². The molecular weight excluding hydrogens is 264 g/mol. The topological polar surface area (TPSA) is 40.6 Å². The molecule has 4 heteroatoms. The number of hydrogen-bond acceptors (Lipinski definition) is 2. The number of imide groups is 1. The summed E-state index contributed by atoms with van der Waals surface area (Å²) in [5.74, 6) is -0.374. The normalized spacial score (nSPS) is 23.3. The molecule has 0 aromatic heterocycles. The lowest BCUT2D eigenvalue weighted by Gasteiger charge is -2.26. The lowest BCUT2D eigenvalue weighted by molar-refractivity contribution is -0.133. The first-order chi connectivity index (χ1) is 9.99. The monoisotopic (exact) mass is 286 g/mol. The molecule has 3 amide bonds. The summed E-state index contributed by atoms with van der Waals surface area (Å²) in [5, 5.41) is 0. The van der Waals surface area contributed by atoms with Crippen molar-refractivity contribution in [2.75, 3.05) is 7.05 Å². The van der Waals surface area contributed by atoms with Crippen LogP contribution in [0.5, 0.6) is 0 Å². The highest BCUT2D eigenvalue weighted by Gasteiger charge is 2.46. The van der Waals surface area contributed by atoms with Crippen LogP contribution in [-0.4, -0.2) is 34.8 Å². The fourth-order valence-corrected chi connectivity index (χ4v) is 2.79. The summed E-state index contributed by atoms with van der Waals surface area (Å²) >= 11 is 0. The molecule has 0 saturated carbocycles. The van der Waals surface area contributed by atoms with Crippen molar-refractivity contribution in [1.82, 2.24) is 9.80 Å². The van der Waals surface area contributed by atoms with Gasteiger partial charge in [0.2, 0.25) is 5.91 Å². The molecule has 21 heavy (non-hydrogen) atoms. The molecule has 1 saturated heterocycles. The number of rotatable bonds is 4. The fraction of sp³-hybridized carbons (Fsp3) is 0.412. The quantitative estimate of drug-likeness (QED) is 0.797. The van der Waals surface area contributed by atoms with Gasteiger partial charge in [-0.1, -0.05) is 43.3 Å². The van der Waals surface area contributed by atoms with Gasteiger partial charge in [-0.3, -0.25) is 9.69 Å². The highest BCUT2D eigenvalue weighted by Crippen LogP contribution is 2.35. The number of amides is 3. The van der Waals surface area contributed by atoms with Crippen LogP contribution >= 0.6 is 0 Å². The van der Waals surface area contributed by atoms with Gasteiger partial charge in [0.15, 0.2) is 0 Å². The Morgan fingerprint density at radius 3 is 2.57 bits per heavy atom. The molecule has 0 spiro atoms. The van der Waals surface area contributed by atoms with E-state index in [0.717, 1.165) is 5.56 Å². The minimum absolute atomic E-state index is 0.0419. The molecule has 4 nitrogen and oxygen atoms in total. The van der Waals surface area contributed by atoms with E-state index in [4.69, 9.17) is 0 Å². The number of nitrogens with zero attached hydrogens (tertiary/aromatic N) is 2. The van der Waals surface area contributed by atoms with Gasteiger partial charge in [0.1, 0.15) is 0 Å². The summed E-state index contributed by atoms with van der Waals surface area (Å²) in [6, 6.07) is 9.22. The predicted octanol–water partition coefficient (Wildman–Crippen LogP) is 3.22. The van der Waals surface area contributed by atoms with Gasteiger partial charge in [0.05, 0.1) is 12.1 Å². The van der Waals surface area contributed by atoms with Gasteiger partial charge in [0.25, 0.3) is 0 Å². The average Bonchev–Trinajstić information content (AvgIpc) is 2.72. The van der Waals surface area contributed by atoms with Crippen molar-refractivity contribution in [3.05, 3.63) is 48.6 Å². The Labute approximate surface area is 126 Å². The van der Waals surface area contributed by atoms with Crippen LogP contribution in [0.1, 0.15) is 31.9 Å². The Balaban J connectivity index is 2.38. The second-order valence-electron chi connectivity index (χ2n) is 5.62. The molecule has 2 rings (SSSR count). The molecule has 3 atom stereocenters. The molecule has 1 aromatic rings. The van der Waals surface area contributed by atoms with E-state index in [1.165, 1.54) is 4.90 Å². The number of allylic oxidation sites excluding steroid dienone is 1. The van der Waals surface area contributed by atoms with Crippen LogP contribution in [-0.2, 0) is 4.79 Å². The van der Waals surface area contributed by atoms with E-state index in [1.807, 2.05) is 44.2 Å². The molecule has 112 valence electrons. The first-order valence-electron chi connectivity index (χ1n) is 7.24. The number of hydrogen-bond donors (Lipinski definition) is 0. The second kappa shape index (κ2) is 6.12. The summed E-state index contributed by atoms with van der Waals surface area (Å²) in [6.07, 6.45) is 2.29. The summed E-state index contributed by atoms with van der Waals surface area (Å²) in [7, 11) is 1.74. The van der Waals surface area contributed by atoms with Gasteiger partial charge in [-0.05, 0) is 18.9 Å². The molecule has 1 aliphatic heterocycles. The Morgan fingerprint density at radius 2 is 2.00 bits per heavy atom. The molecular formula is C17H22N2O2. The predicted molar refractivity (Wildman–Crippen MR) is 82.6 cm³/mol. The van der Waals surface area contributed by atoms with Gasteiger partial charge >= 0.3 is 6.03 Å². The van der Waals surface area contributed by atoms with E-state index in [0.29, 0.717) is 6.42 Å². The van der Waals surface area contributed by atoms with Gasteiger partial charge < -0.3 is 4.90 Å². The largest absolute Gasteiger partial charge is 0.327 e. The first kappa shape index (κ1) is 15.3. The average molecular weight is 286 g/mol. The van der Waals surface area contributed by atoms with E-state index < -0.39 is 0 Å². The molecule has 0 N–H and O–H groups in total. The van der Waals surface area contributed by atoms with E-state index in [9.17, 15) is 9.59 Å². The van der Waals surface area contributed by atoms with Crippen LogP contribution in [0.2, 0.25) is 0 Å². The van der Waals surface area contributed by atoms with Crippen molar-refractivity contribution >= 4 is 11.9 Å². The number of likely N-dealkylation sites (N-methyl/N-ethyl adjacent to an activating group) is 1. The van der Waals surface area contributed by atoms with Crippen molar-refractivity contribution in [3.8, 4) is 0 Å². The zero-order valence-corrected chi connectivity index (χ0v) is 12.8. The maximum absolute atomic E-state index is 12.7. The molecule has 1 heterocycles. The molecule has 0 radical (unpaired) electrons. The number of carbonyl (C=O) groups is 2. The molecule has 0 aliphatic carbocycles. The van der Waals surface area contributed by atoms with Crippen LogP contribution in [0.25, 0.3) is 0 Å². The number of carbonyl (C=O) groups excluding carboxylic acids is 2. The summed E-state index contributed by atoms with van der Waals surface area (Å²) in [6.45, 7) is 7.48. The number of benzene rings is 1. The molecule has 1 aromatic carbocycles. The zero-order chi connectivity index (χ0) is 15.6. The Morgan fingerprint density at radius 1 is 1.38 bits per heavy atom. The SMILES string of the molecule is C=CC[C@H](C)C(=O)N1C(=O)N(C)[C@@H](C)[C@H]1c1ccccc1. The highest BCUT2D eigenvalue weighted by atomic mass is 16.2. The number of urea groups is 1. The molecule has 1 aliphatic rings. The van der Waals surface area contributed by atoms with Crippen molar-refractivity contribution < 1.29 is 9.59 Å².